The molecule has 0 saturated heterocycles. The number of aryl methyl sites for hydroxylation is 1. The van der Waals surface area contributed by atoms with E-state index in [0.29, 0.717) is 6.04 Å². The Kier molecular flexibility index (Phi) is 5.45. The van der Waals surface area contributed by atoms with E-state index in [9.17, 15) is 0 Å². The van der Waals surface area contributed by atoms with Gasteiger partial charge in [-0.3, -0.25) is 0 Å². The molecule has 1 heteroatoms. The van der Waals surface area contributed by atoms with Gasteiger partial charge < -0.3 is 5.32 Å². The van der Waals surface area contributed by atoms with E-state index in [2.05, 4.69) is 50.4 Å². The third kappa shape index (κ3) is 3.82. The van der Waals surface area contributed by atoms with E-state index in [1.807, 2.05) is 0 Å². The summed E-state index contributed by atoms with van der Waals surface area (Å²) in [5.41, 5.74) is 2.84. The molecule has 0 aliphatic heterocycles. The second-order valence-corrected chi connectivity index (χ2v) is 6.19. The zero-order chi connectivity index (χ0) is 13.7. The van der Waals surface area contributed by atoms with Crippen LogP contribution in [0, 0.1) is 18.8 Å². The van der Waals surface area contributed by atoms with E-state index in [-0.39, 0.29) is 0 Å². The summed E-state index contributed by atoms with van der Waals surface area (Å²) in [7, 11) is 0. The van der Waals surface area contributed by atoms with Gasteiger partial charge in [-0.15, -0.1) is 0 Å². The molecule has 1 aromatic carbocycles. The number of hydrogen-bond donors (Lipinski definition) is 1. The SMILES string of the molecule is CCCNC(c1ccc(C)cc1)C1CCC(CC)C1. The molecule has 1 saturated carbocycles. The summed E-state index contributed by atoms with van der Waals surface area (Å²) in [5.74, 6) is 1.79. The van der Waals surface area contributed by atoms with Crippen LogP contribution in [0.1, 0.15) is 63.1 Å². The van der Waals surface area contributed by atoms with E-state index in [0.717, 1.165) is 18.4 Å². The molecule has 1 N–H and O–H groups in total. The molecule has 3 unspecified atom stereocenters. The van der Waals surface area contributed by atoms with Gasteiger partial charge >= 0.3 is 0 Å². The van der Waals surface area contributed by atoms with Gasteiger partial charge in [0.25, 0.3) is 0 Å². The lowest BCUT2D eigenvalue weighted by Gasteiger charge is -2.26. The minimum atomic E-state index is 0.567. The van der Waals surface area contributed by atoms with Gasteiger partial charge in [0, 0.05) is 6.04 Å². The van der Waals surface area contributed by atoms with Gasteiger partial charge in [0.15, 0.2) is 0 Å². The average molecular weight is 259 g/mol. The van der Waals surface area contributed by atoms with Crippen LogP contribution in [0.3, 0.4) is 0 Å². The van der Waals surface area contributed by atoms with Crippen LogP contribution >= 0.6 is 0 Å². The molecule has 0 spiro atoms. The second kappa shape index (κ2) is 7.09. The molecule has 0 radical (unpaired) electrons. The fraction of sp³-hybridized carbons (Fsp3) is 0.667. The van der Waals surface area contributed by atoms with Crippen molar-refractivity contribution in [1.82, 2.24) is 5.32 Å². The van der Waals surface area contributed by atoms with Crippen LogP contribution in [0.5, 0.6) is 0 Å². The van der Waals surface area contributed by atoms with Crippen molar-refractivity contribution < 1.29 is 0 Å². The number of rotatable bonds is 6. The average Bonchev–Trinajstić information content (AvgIpc) is 2.90. The quantitative estimate of drug-likeness (QED) is 0.769. The Labute approximate surface area is 118 Å². The minimum absolute atomic E-state index is 0.567. The standard InChI is InChI=1S/C18H29N/c1-4-12-19-18(16-9-6-14(3)7-10-16)17-11-8-15(5-2)13-17/h6-7,9-10,15,17-19H,4-5,8,11-13H2,1-3H3. The van der Waals surface area contributed by atoms with Crippen molar-refractivity contribution in [3.05, 3.63) is 35.4 Å². The monoisotopic (exact) mass is 259 g/mol. The molecule has 0 heterocycles. The van der Waals surface area contributed by atoms with Crippen LogP contribution in [0.15, 0.2) is 24.3 Å². The summed E-state index contributed by atoms with van der Waals surface area (Å²) < 4.78 is 0. The lowest BCUT2D eigenvalue weighted by atomic mass is 9.90. The molecule has 19 heavy (non-hydrogen) atoms. The molecular formula is C18H29N. The van der Waals surface area contributed by atoms with Crippen LogP contribution in [0.25, 0.3) is 0 Å². The van der Waals surface area contributed by atoms with Crippen molar-refractivity contribution >= 4 is 0 Å². The Hall–Kier alpha value is -0.820. The molecule has 1 aliphatic carbocycles. The number of benzene rings is 1. The minimum Gasteiger partial charge on any atom is -0.310 e. The van der Waals surface area contributed by atoms with Crippen molar-refractivity contribution in [3.63, 3.8) is 0 Å². The highest BCUT2D eigenvalue weighted by atomic mass is 14.9. The summed E-state index contributed by atoms with van der Waals surface area (Å²) in [4.78, 5) is 0. The Morgan fingerprint density at radius 2 is 1.89 bits per heavy atom. The van der Waals surface area contributed by atoms with E-state index < -0.39 is 0 Å². The first-order valence-corrected chi connectivity index (χ1v) is 8.04. The Morgan fingerprint density at radius 3 is 2.47 bits per heavy atom. The molecule has 106 valence electrons. The summed E-state index contributed by atoms with van der Waals surface area (Å²) in [6.45, 7) is 7.89. The highest BCUT2D eigenvalue weighted by Crippen LogP contribution is 2.40. The molecule has 1 aliphatic rings. The number of hydrogen-bond acceptors (Lipinski definition) is 1. The van der Waals surface area contributed by atoms with Crippen LogP contribution in [-0.2, 0) is 0 Å². The second-order valence-electron chi connectivity index (χ2n) is 6.19. The zero-order valence-corrected chi connectivity index (χ0v) is 12.8. The van der Waals surface area contributed by atoms with Gasteiger partial charge in [-0.2, -0.15) is 0 Å². The van der Waals surface area contributed by atoms with Gasteiger partial charge in [-0.05, 0) is 50.1 Å². The third-order valence-electron chi connectivity index (χ3n) is 4.68. The maximum atomic E-state index is 3.79. The predicted octanol–water partition coefficient (Wildman–Crippen LogP) is 4.86. The molecule has 0 bridgehead atoms. The third-order valence-corrected chi connectivity index (χ3v) is 4.68. The highest BCUT2D eigenvalue weighted by Gasteiger charge is 2.30. The van der Waals surface area contributed by atoms with E-state index in [1.165, 1.54) is 43.2 Å². The van der Waals surface area contributed by atoms with Gasteiger partial charge in [0.1, 0.15) is 0 Å². The Morgan fingerprint density at radius 1 is 1.16 bits per heavy atom. The molecule has 2 rings (SSSR count). The van der Waals surface area contributed by atoms with E-state index in [4.69, 9.17) is 0 Å². The first kappa shape index (κ1) is 14.6. The highest BCUT2D eigenvalue weighted by molar-refractivity contribution is 5.25. The summed E-state index contributed by atoms with van der Waals surface area (Å²) in [5, 5.41) is 3.79. The van der Waals surface area contributed by atoms with Gasteiger partial charge in [-0.1, -0.05) is 56.5 Å². The Bertz CT molecular complexity index is 368. The molecule has 0 amide bonds. The lowest BCUT2D eigenvalue weighted by molar-refractivity contribution is 0.354. The summed E-state index contributed by atoms with van der Waals surface area (Å²) in [6.07, 6.45) is 6.80. The van der Waals surface area contributed by atoms with Crippen LogP contribution < -0.4 is 5.32 Å². The fourth-order valence-electron chi connectivity index (χ4n) is 3.42. The molecule has 1 fully saturated rings. The van der Waals surface area contributed by atoms with E-state index >= 15 is 0 Å². The van der Waals surface area contributed by atoms with Gasteiger partial charge in [0.2, 0.25) is 0 Å². The first-order valence-electron chi connectivity index (χ1n) is 8.04. The normalized spacial score (nSPS) is 24.6. The van der Waals surface area contributed by atoms with Crippen molar-refractivity contribution in [2.75, 3.05) is 6.54 Å². The van der Waals surface area contributed by atoms with Crippen molar-refractivity contribution in [1.29, 1.82) is 0 Å². The van der Waals surface area contributed by atoms with Crippen LogP contribution in [0.2, 0.25) is 0 Å². The van der Waals surface area contributed by atoms with Crippen LogP contribution in [-0.4, -0.2) is 6.54 Å². The fourth-order valence-corrected chi connectivity index (χ4v) is 3.42. The van der Waals surface area contributed by atoms with Gasteiger partial charge in [-0.25, -0.2) is 0 Å². The van der Waals surface area contributed by atoms with Crippen molar-refractivity contribution in [2.45, 2.75) is 58.9 Å². The van der Waals surface area contributed by atoms with Crippen molar-refractivity contribution in [3.8, 4) is 0 Å². The molecule has 1 nitrogen and oxygen atoms in total. The molecule has 1 aromatic rings. The summed E-state index contributed by atoms with van der Waals surface area (Å²) in [6, 6.07) is 9.71. The zero-order valence-electron chi connectivity index (χ0n) is 12.8. The molecule has 0 aromatic heterocycles. The molecule has 3 atom stereocenters. The first-order chi connectivity index (χ1) is 9.24. The molecular weight excluding hydrogens is 230 g/mol. The maximum absolute atomic E-state index is 3.79. The predicted molar refractivity (Wildman–Crippen MR) is 83.3 cm³/mol. The maximum Gasteiger partial charge on any atom is 0.0348 e. The van der Waals surface area contributed by atoms with Crippen molar-refractivity contribution in [2.24, 2.45) is 11.8 Å². The topological polar surface area (TPSA) is 12.0 Å². The van der Waals surface area contributed by atoms with Crippen LogP contribution in [0.4, 0.5) is 0 Å². The Balaban J connectivity index is 2.09. The number of nitrogens with one attached hydrogen (secondary N) is 1. The largest absolute Gasteiger partial charge is 0.310 e. The van der Waals surface area contributed by atoms with Gasteiger partial charge in [0.05, 0.1) is 0 Å². The van der Waals surface area contributed by atoms with E-state index in [1.54, 1.807) is 0 Å². The lowest BCUT2D eigenvalue weighted by Crippen LogP contribution is -2.28. The smallest absolute Gasteiger partial charge is 0.0348 e. The summed E-state index contributed by atoms with van der Waals surface area (Å²) >= 11 is 0.